The quantitative estimate of drug-likeness (QED) is 0.799. The Morgan fingerprint density at radius 2 is 1.72 bits per heavy atom. The van der Waals surface area contributed by atoms with E-state index in [2.05, 4.69) is 87.3 Å². The molecule has 6 nitrogen and oxygen atoms in total. The Bertz CT molecular complexity index is 906. The summed E-state index contributed by atoms with van der Waals surface area (Å²) in [6, 6.07) is 16.9. The number of rotatable bonds is 3. The Hall–Kier alpha value is -3.15. The number of hydrogen-bond donors (Lipinski definition) is 1. The molecule has 6 heteroatoms. The number of tetrazole rings is 1. The number of aromatic nitrogens is 4. The van der Waals surface area contributed by atoms with Crippen LogP contribution in [-0.4, -0.2) is 34.3 Å². The third-order valence-corrected chi connectivity index (χ3v) is 4.44. The minimum atomic E-state index is -0.0428. The van der Waals surface area contributed by atoms with Gasteiger partial charge in [0.05, 0.1) is 0 Å². The van der Waals surface area contributed by atoms with E-state index in [1.807, 2.05) is 18.8 Å². The van der Waals surface area contributed by atoms with Crippen LogP contribution in [0.5, 0.6) is 0 Å². The Labute approximate surface area is 146 Å². The smallest absolute Gasteiger partial charge is 0.248 e. The lowest BCUT2D eigenvalue weighted by molar-refractivity contribution is 0.586. The number of anilines is 2. The van der Waals surface area contributed by atoms with Gasteiger partial charge in [0.25, 0.3) is 0 Å². The average molecular weight is 332 g/mol. The molecule has 1 aliphatic rings. The molecule has 0 unspecified atom stereocenters. The molecule has 1 aliphatic heterocycles. The van der Waals surface area contributed by atoms with Crippen molar-refractivity contribution >= 4 is 17.3 Å². The number of fused-ring (bicyclic) bond motifs is 1. The van der Waals surface area contributed by atoms with Gasteiger partial charge in [-0.1, -0.05) is 47.1 Å². The van der Waals surface area contributed by atoms with E-state index in [1.165, 1.54) is 5.56 Å². The van der Waals surface area contributed by atoms with Crippen molar-refractivity contribution in [3.8, 4) is 0 Å². The minimum absolute atomic E-state index is 0.0428. The van der Waals surface area contributed by atoms with Crippen LogP contribution in [0.25, 0.3) is 5.70 Å². The van der Waals surface area contributed by atoms with Crippen LogP contribution in [0, 0.1) is 6.92 Å². The van der Waals surface area contributed by atoms with Crippen LogP contribution >= 0.6 is 0 Å². The minimum Gasteiger partial charge on any atom is -0.378 e. The first-order valence-electron chi connectivity index (χ1n) is 8.23. The lowest BCUT2D eigenvalue weighted by Gasteiger charge is -2.24. The number of allylic oxidation sites excluding steroid dienone is 1. The van der Waals surface area contributed by atoms with Crippen molar-refractivity contribution in [1.82, 2.24) is 20.2 Å². The molecular formula is C19H20N6. The molecule has 1 aromatic heterocycles. The summed E-state index contributed by atoms with van der Waals surface area (Å²) in [5.74, 6) is 0.653. The fraction of sp³-hybridized carbons (Fsp3) is 0.211. The van der Waals surface area contributed by atoms with E-state index < -0.39 is 0 Å². The van der Waals surface area contributed by atoms with Gasteiger partial charge in [0.1, 0.15) is 6.04 Å². The predicted molar refractivity (Wildman–Crippen MR) is 99.5 cm³/mol. The highest BCUT2D eigenvalue weighted by atomic mass is 15.6. The predicted octanol–water partition coefficient (Wildman–Crippen LogP) is 3.10. The molecule has 0 aliphatic carbocycles. The molecule has 0 spiro atoms. The second kappa shape index (κ2) is 6.05. The zero-order valence-electron chi connectivity index (χ0n) is 14.5. The molecule has 0 amide bonds. The molecule has 1 N–H and O–H groups in total. The van der Waals surface area contributed by atoms with Gasteiger partial charge in [0.15, 0.2) is 0 Å². The van der Waals surface area contributed by atoms with Crippen molar-refractivity contribution in [3.05, 3.63) is 71.3 Å². The van der Waals surface area contributed by atoms with Gasteiger partial charge in [-0.25, -0.2) is 0 Å². The van der Waals surface area contributed by atoms with Crippen LogP contribution in [0.4, 0.5) is 11.6 Å². The molecule has 3 aromatic rings. The summed E-state index contributed by atoms with van der Waals surface area (Å²) in [7, 11) is 4.07. The number of hydrogen-bond acceptors (Lipinski definition) is 5. The van der Waals surface area contributed by atoms with E-state index in [-0.39, 0.29) is 6.04 Å². The Balaban J connectivity index is 1.75. The maximum Gasteiger partial charge on any atom is 0.248 e. The Kier molecular flexibility index (Phi) is 3.72. The summed E-state index contributed by atoms with van der Waals surface area (Å²) in [6.45, 7) is 2.09. The Morgan fingerprint density at radius 1 is 1.00 bits per heavy atom. The van der Waals surface area contributed by atoms with Gasteiger partial charge >= 0.3 is 0 Å². The first-order valence-corrected chi connectivity index (χ1v) is 8.23. The largest absolute Gasteiger partial charge is 0.378 e. The lowest BCUT2D eigenvalue weighted by atomic mass is 10.0. The number of nitrogens with zero attached hydrogens (tertiary/aromatic N) is 5. The van der Waals surface area contributed by atoms with Crippen LogP contribution in [0.2, 0.25) is 0 Å². The fourth-order valence-corrected chi connectivity index (χ4v) is 2.96. The number of aryl methyl sites for hydroxylation is 1. The van der Waals surface area contributed by atoms with Gasteiger partial charge in [-0.2, -0.15) is 4.68 Å². The van der Waals surface area contributed by atoms with Gasteiger partial charge < -0.3 is 10.2 Å². The van der Waals surface area contributed by atoms with Gasteiger partial charge in [-0.15, -0.1) is 0 Å². The maximum atomic E-state index is 4.15. The lowest BCUT2D eigenvalue weighted by Crippen LogP contribution is -2.20. The molecule has 0 saturated heterocycles. The second-order valence-corrected chi connectivity index (χ2v) is 6.45. The molecule has 1 atom stereocenters. The highest BCUT2D eigenvalue weighted by molar-refractivity contribution is 5.77. The van der Waals surface area contributed by atoms with Gasteiger partial charge in [0.2, 0.25) is 5.95 Å². The molecule has 0 radical (unpaired) electrons. The number of nitrogens with one attached hydrogen (secondary N) is 1. The summed E-state index contributed by atoms with van der Waals surface area (Å²) in [5.41, 5.74) is 5.68. The van der Waals surface area contributed by atoms with Crippen molar-refractivity contribution in [1.29, 1.82) is 0 Å². The Morgan fingerprint density at radius 3 is 2.40 bits per heavy atom. The normalized spacial score (nSPS) is 16.0. The van der Waals surface area contributed by atoms with E-state index in [0.717, 1.165) is 22.5 Å². The van der Waals surface area contributed by atoms with Gasteiger partial charge in [-0.05, 0) is 46.7 Å². The van der Waals surface area contributed by atoms with Crippen molar-refractivity contribution in [2.75, 3.05) is 24.3 Å². The summed E-state index contributed by atoms with van der Waals surface area (Å²) < 4.78 is 1.81. The molecule has 0 saturated carbocycles. The van der Waals surface area contributed by atoms with E-state index in [1.54, 1.807) is 0 Å². The van der Waals surface area contributed by atoms with Crippen molar-refractivity contribution in [2.24, 2.45) is 0 Å². The summed E-state index contributed by atoms with van der Waals surface area (Å²) in [6.07, 6.45) is 2.17. The zero-order valence-corrected chi connectivity index (χ0v) is 14.5. The average Bonchev–Trinajstić information content (AvgIpc) is 3.10. The SMILES string of the molecule is Cc1ccc(C2=C[C@@H](c3ccc(N(C)C)cc3)n3nnnc3N2)cc1. The molecule has 2 heterocycles. The molecule has 0 fully saturated rings. The van der Waals surface area contributed by atoms with E-state index in [4.69, 9.17) is 0 Å². The topological polar surface area (TPSA) is 58.9 Å². The highest BCUT2D eigenvalue weighted by Crippen LogP contribution is 2.32. The third-order valence-electron chi connectivity index (χ3n) is 4.44. The van der Waals surface area contributed by atoms with Crippen molar-refractivity contribution in [3.63, 3.8) is 0 Å². The first kappa shape index (κ1) is 15.4. The molecule has 25 heavy (non-hydrogen) atoms. The molecule has 0 bridgehead atoms. The molecular weight excluding hydrogens is 312 g/mol. The van der Waals surface area contributed by atoms with Gasteiger partial charge in [-0.3, -0.25) is 0 Å². The molecule has 2 aromatic carbocycles. The third kappa shape index (κ3) is 2.87. The first-order chi connectivity index (χ1) is 12.1. The van der Waals surface area contributed by atoms with E-state index >= 15 is 0 Å². The van der Waals surface area contributed by atoms with Crippen LogP contribution in [-0.2, 0) is 0 Å². The monoisotopic (exact) mass is 332 g/mol. The van der Waals surface area contributed by atoms with Crippen LogP contribution in [0.3, 0.4) is 0 Å². The fourth-order valence-electron chi connectivity index (χ4n) is 2.96. The van der Waals surface area contributed by atoms with Crippen molar-refractivity contribution in [2.45, 2.75) is 13.0 Å². The second-order valence-electron chi connectivity index (χ2n) is 6.45. The van der Waals surface area contributed by atoms with E-state index in [0.29, 0.717) is 5.95 Å². The summed E-state index contributed by atoms with van der Waals surface area (Å²) in [5, 5.41) is 15.4. The summed E-state index contributed by atoms with van der Waals surface area (Å²) in [4.78, 5) is 2.09. The number of benzene rings is 2. The van der Waals surface area contributed by atoms with Crippen molar-refractivity contribution < 1.29 is 0 Å². The highest BCUT2D eigenvalue weighted by Gasteiger charge is 2.24. The zero-order chi connectivity index (χ0) is 17.4. The van der Waals surface area contributed by atoms with Crippen LogP contribution in [0.15, 0.2) is 54.6 Å². The maximum absolute atomic E-state index is 4.15. The standard InChI is InChI=1S/C19H20N6/c1-13-4-6-14(7-5-13)17-12-18(25-19(20-17)21-22-23-25)15-8-10-16(11-9-15)24(2)3/h4-12,18H,1-3H3,(H,20,21,23)/t18-/m0/s1. The molecule has 126 valence electrons. The molecule has 4 rings (SSSR count). The summed E-state index contributed by atoms with van der Waals surface area (Å²) >= 11 is 0. The van der Waals surface area contributed by atoms with Crippen LogP contribution < -0.4 is 10.2 Å². The van der Waals surface area contributed by atoms with E-state index in [9.17, 15) is 0 Å². The van der Waals surface area contributed by atoms with Gasteiger partial charge in [0, 0.05) is 25.5 Å². The van der Waals surface area contributed by atoms with Crippen LogP contribution in [0.1, 0.15) is 22.7 Å².